The van der Waals surface area contributed by atoms with Crippen molar-refractivity contribution >= 4 is 23.2 Å². The maximum atomic E-state index is 13.0. The fraction of sp³-hybridized carbons (Fsp3) is 0.0714. The molecule has 0 N–H and O–H groups in total. The molecule has 0 fully saturated rings. The van der Waals surface area contributed by atoms with Crippen LogP contribution in [0.4, 0.5) is 8.78 Å². The summed E-state index contributed by atoms with van der Waals surface area (Å²) in [7, 11) is 0. The Bertz CT molecular complexity index is 614. The molecule has 4 heteroatoms. The summed E-state index contributed by atoms with van der Waals surface area (Å²) in [6.07, 6.45) is 3.03. The summed E-state index contributed by atoms with van der Waals surface area (Å²) in [5.74, 6) is -2.31. The lowest BCUT2D eigenvalue weighted by atomic mass is 10.1. The SMILES string of the molecule is Cc1ccc(/C=C/C(=O)c2ccc(F)c(F)c2)s1. The number of carbonyl (C=O) groups excluding carboxylic acids is 1. The second-order valence-corrected chi connectivity index (χ2v) is 5.09. The summed E-state index contributed by atoms with van der Waals surface area (Å²) in [6.45, 7) is 1.97. The quantitative estimate of drug-likeness (QED) is 0.599. The van der Waals surface area contributed by atoms with Gasteiger partial charge in [0.25, 0.3) is 0 Å². The molecule has 0 aliphatic rings. The van der Waals surface area contributed by atoms with E-state index in [9.17, 15) is 13.6 Å². The Morgan fingerprint density at radius 2 is 1.94 bits per heavy atom. The Hall–Kier alpha value is -1.81. The molecule has 92 valence electrons. The van der Waals surface area contributed by atoms with E-state index in [1.54, 1.807) is 17.4 Å². The molecule has 1 aromatic carbocycles. The summed E-state index contributed by atoms with van der Waals surface area (Å²) < 4.78 is 25.7. The van der Waals surface area contributed by atoms with Gasteiger partial charge < -0.3 is 0 Å². The van der Waals surface area contributed by atoms with Crippen LogP contribution in [0.2, 0.25) is 0 Å². The third-order valence-electron chi connectivity index (χ3n) is 2.36. The van der Waals surface area contributed by atoms with Crippen LogP contribution in [0.25, 0.3) is 6.08 Å². The standard InChI is InChI=1S/C14H10F2OS/c1-9-2-4-11(18-9)5-7-14(17)10-3-6-12(15)13(16)8-10/h2-8H,1H3/b7-5+. The number of aryl methyl sites for hydroxylation is 1. The third kappa shape index (κ3) is 2.90. The van der Waals surface area contributed by atoms with E-state index >= 15 is 0 Å². The van der Waals surface area contributed by atoms with Gasteiger partial charge in [-0.15, -0.1) is 11.3 Å². The molecule has 0 radical (unpaired) electrons. The molecular weight excluding hydrogens is 254 g/mol. The van der Waals surface area contributed by atoms with Crippen molar-refractivity contribution in [3.05, 3.63) is 63.4 Å². The summed E-state index contributed by atoms with van der Waals surface area (Å²) >= 11 is 1.56. The zero-order valence-electron chi connectivity index (χ0n) is 9.61. The first-order chi connectivity index (χ1) is 8.56. The third-order valence-corrected chi connectivity index (χ3v) is 3.33. The van der Waals surface area contributed by atoms with Crippen molar-refractivity contribution < 1.29 is 13.6 Å². The van der Waals surface area contributed by atoms with Crippen LogP contribution < -0.4 is 0 Å². The molecule has 0 saturated heterocycles. The largest absolute Gasteiger partial charge is 0.289 e. The van der Waals surface area contributed by atoms with Crippen LogP contribution in [-0.2, 0) is 0 Å². The Labute approximate surface area is 107 Å². The van der Waals surface area contributed by atoms with Gasteiger partial charge in [-0.3, -0.25) is 4.79 Å². The van der Waals surface area contributed by atoms with Gasteiger partial charge in [0.15, 0.2) is 17.4 Å². The molecule has 18 heavy (non-hydrogen) atoms. The molecule has 0 amide bonds. The van der Waals surface area contributed by atoms with Gasteiger partial charge in [-0.1, -0.05) is 0 Å². The Kier molecular flexibility index (Phi) is 3.67. The van der Waals surface area contributed by atoms with Gasteiger partial charge in [-0.2, -0.15) is 0 Å². The molecule has 0 unspecified atom stereocenters. The predicted molar refractivity (Wildman–Crippen MR) is 68.8 cm³/mol. The number of hydrogen-bond acceptors (Lipinski definition) is 2. The Morgan fingerprint density at radius 1 is 1.17 bits per heavy atom. The molecular formula is C14H10F2OS. The average molecular weight is 264 g/mol. The maximum Gasteiger partial charge on any atom is 0.185 e. The highest BCUT2D eigenvalue weighted by Gasteiger charge is 2.07. The lowest BCUT2D eigenvalue weighted by Gasteiger charge is -1.96. The topological polar surface area (TPSA) is 17.1 Å². The highest BCUT2D eigenvalue weighted by atomic mass is 32.1. The number of halogens is 2. The van der Waals surface area contributed by atoms with Gasteiger partial charge in [0, 0.05) is 15.3 Å². The van der Waals surface area contributed by atoms with Crippen molar-refractivity contribution in [1.29, 1.82) is 0 Å². The van der Waals surface area contributed by atoms with E-state index < -0.39 is 11.6 Å². The minimum absolute atomic E-state index is 0.137. The molecule has 0 aliphatic heterocycles. The minimum atomic E-state index is -1.01. The molecule has 1 nitrogen and oxygen atoms in total. The van der Waals surface area contributed by atoms with E-state index in [4.69, 9.17) is 0 Å². The van der Waals surface area contributed by atoms with Crippen LogP contribution in [0.15, 0.2) is 36.4 Å². The fourth-order valence-corrected chi connectivity index (χ4v) is 2.23. The highest BCUT2D eigenvalue weighted by Crippen LogP contribution is 2.17. The number of thiophene rings is 1. The van der Waals surface area contributed by atoms with Crippen molar-refractivity contribution in [3.8, 4) is 0 Å². The number of benzene rings is 1. The number of carbonyl (C=O) groups is 1. The van der Waals surface area contributed by atoms with Crippen molar-refractivity contribution in [1.82, 2.24) is 0 Å². The molecule has 0 spiro atoms. The number of ketones is 1. The predicted octanol–water partition coefficient (Wildman–Crippen LogP) is 4.23. The number of allylic oxidation sites excluding steroid dienone is 1. The van der Waals surface area contributed by atoms with E-state index in [1.807, 2.05) is 19.1 Å². The molecule has 0 bridgehead atoms. The number of hydrogen-bond donors (Lipinski definition) is 0. The smallest absolute Gasteiger partial charge is 0.185 e. The second kappa shape index (κ2) is 5.23. The van der Waals surface area contributed by atoms with Crippen molar-refractivity contribution in [2.75, 3.05) is 0 Å². The lowest BCUT2D eigenvalue weighted by molar-refractivity contribution is 0.104. The van der Waals surface area contributed by atoms with Gasteiger partial charge in [-0.05, 0) is 49.4 Å². The molecule has 1 aromatic heterocycles. The van der Waals surface area contributed by atoms with Crippen molar-refractivity contribution in [2.24, 2.45) is 0 Å². The van der Waals surface area contributed by atoms with E-state index in [2.05, 4.69) is 0 Å². The molecule has 0 saturated carbocycles. The fourth-order valence-electron chi connectivity index (χ4n) is 1.45. The first kappa shape index (κ1) is 12.6. The van der Waals surface area contributed by atoms with Gasteiger partial charge in [0.2, 0.25) is 0 Å². The molecule has 0 aliphatic carbocycles. The molecule has 2 rings (SSSR count). The summed E-state index contributed by atoms with van der Waals surface area (Å²) in [5.41, 5.74) is 0.137. The lowest BCUT2D eigenvalue weighted by Crippen LogP contribution is -1.96. The monoisotopic (exact) mass is 264 g/mol. The van der Waals surface area contributed by atoms with E-state index in [1.165, 1.54) is 12.1 Å². The van der Waals surface area contributed by atoms with Gasteiger partial charge >= 0.3 is 0 Å². The van der Waals surface area contributed by atoms with Gasteiger partial charge in [0.1, 0.15) is 0 Å². The second-order valence-electron chi connectivity index (χ2n) is 3.77. The zero-order chi connectivity index (χ0) is 13.1. The van der Waals surface area contributed by atoms with Crippen LogP contribution in [0.3, 0.4) is 0 Å². The number of rotatable bonds is 3. The van der Waals surface area contributed by atoms with E-state index in [-0.39, 0.29) is 11.3 Å². The average Bonchev–Trinajstić information content (AvgIpc) is 2.75. The molecule has 0 atom stereocenters. The van der Waals surface area contributed by atoms with Gasteiger partial charge in [-0.25, -0.2) is 8.78 Å². The first-order valence-corrected chi connectivity index (χ1v) is 6.12. The highest BCUT2D eigenvalue weighted by molar-refractivity contribution is 7.12. The van der Waals surface area contributed by atoms with Crippen molar-refractivity contribution in [3.63, 3.8) is 0 Å². The minimum Gasteiger partial charge on any atom is -0.289 e. The van der Waals surface area contributed by atoms with Gasteiger partial charge in [0.05, 0.1) is 0 Å². The zero-order valence-corrected chi connectivity index (χ0v) is 10.4. The van der Waals surface area contributed by atoms with Crippen molar-refractivity contribution in [2.45, 2.75) is 6.92 Å². The summed E-state index contributed by atoms with van der Waals surface area (Å²) in [6, 6.07) is 6.97. The van der Waals surface area contributed by atoms with Crippen LogP contribution >= 0.6 is 11.3 Å². The summed E-state index contributed by atoms with van der Waals surface area (Å²) in [5, 5.41) is 0. The van der Waals surface area contributed by atoms with Crippen LogP contribution in [-0.4, -0.2) is 5.78 Å². The molecule has 2 aromatic rings. The Morgan fingerprint density at radius 3 is 2.56 bits per heavy atom. The molecule has 1 heterocycles. The van der Waals surface area contributed by atoms with Crippen LogP contribution in [0.5, 0.6) is 0 Å². The van der Waals surface area contributed by atoms with Crippen LogP contribution in [0, 0.1) is 18.6 Å². The Balaban J connectivity index is 2.16. The van der Waals surface area contributed by atoms with E-state index in [0.717, 1.165) is 21.9 Å². The maximum absolute atomic E-state index is 13.0. The van der Waals surface area contributed by atoms with Crippen LogP contribution in [0.1, 0.15) is 20.1 Å². The normalized spacial score (nSPS) is 11.1. The summed E-state index contributed by atoms with van der Waals surface area (Å²) in [4.78, 5) is 13.8. The van der Waals surface area contributed by atoms with E-state index in [0.29, 0.717) is 0 Å². The first-order valence-electron chi connectivity index (χ1n) is 5.30.